The van der Waals surface area contributed by atoms with E-state index in [9.17, 15) is 5.11 Å². The number of nitrogens with one attached hydrogen (secondary N) is 2. The van der Waals surface area contributed by atoms with E-state index in [0.29, 0.717) is 24.9 Å². The summed E-state index contributed by atoms with van der Waals surface area (Å²) in [5.41, 5.74) is 0. The second-order valence-electron chi connectivity index (χ2n) is 3.29. The van der Waals surface area contributed by atoms with Crippen LogP contribution in [0.2, 0.25) is 0 Å². The topological polar surface area (TPSA) is 79.3 Å². The summed E-state index contributed by atoms with van der Waals surface area (Å²) in [6.07, 6.45) is 1.12. The SMILES string of the molecule is CCNc1nccc(NCC(O)COC)n1. The Morgan fingerprint density at radius 3 is 3.00 bits per heavy atom. The molecule has 0 aliphatic carbocycles. The van der Waals surface area contributed by atoms with Gasteiger partial charge in [-0.1, -0.05) is 0 Å². The first-order chi connectivity index (χ1) is 7.76. The van der Waals surface area contributed by atoms with Crippen LogP contribution in [0, 0.1) is 0 Å². The Balaban J connectivity index is 2.44. The molecule has 0 bridgehead atoms. The second kappa shape index (κ2) is 6.97. The number of aliphatic hydroxyl groups is 1. The Morgan fingerprint density at radius 1 is 1.50 bits per heavy atom. The zero-order valence-corrected chi connectivity index (χ0v) is 9.60. The van der Waals surface area contributed by atoms with Gasteiger partial charge in [0.05, 0.1) is 12.7 Å². The molecule has 0 amide bonds. The molecule has 1 aromatic rings. The van der Waals surface area contributed by atoms with Crippen molar-refractivity contribution >= 4 is 11.8 Å². The van der Waals surface area contributed by atoms with Crippen LogP contribution in [-0.4, -0.2) is 48.0 Å². The third kappa shape index (κ3) is 4.41. The number of ether oxygens (including phenoxy) is 1. The van der Waals surface area contributed by atoms with E-state index >= 15 is 0 Å². The average molecular weight is 226 g/mol. The first kappa shape index (κ1) is 12.7. The first-order valence-electron chi connectivity index (χ1n) is 5.24. The van der Waals surface area contributed by atoms with Crippen LogP contribution in [0.25, 0.3) is 0 Å². The van der Waals surface area contributed by atoms with E-state index in [2.05, 4.69) is 20.6 Å². The molecule has 90 valence electrons. The molecule has 0 aliphatic rings. The minimum Gasteiger partial charge on any atom is -0.389 e. The molecule has 0 aliphatic heterocycles. The minimum atomic E-state index is -0.539. The van der Waals surface area contributed by atoms with Gasteiger partial charge in [-0.3, -0.25) is 0 Å². The largest absolute Gasteiger partial charge is 0.389 e. The van der Waals surface area contributed by atoms with Gasteiger partial charge in [0.25, 0.3) is 0 Å². The molecule has 0 saturated carbocycles. The highest BCUT2D eigenvalue weighted by atomic mass is 16.5. The summed E-state index contributed by atoms with van der Waals surface area (Å²) >= 11 is 0. The third-order valence-corrected chi connectivity index (χ3v) is 1.87. The van der Waals surface area contributed by atoms with Crippen LogP contribution in [0.1, 0.15) is 6.92 Å². The number of rotatable bonds is 7. The summed E-state index contributed by atoms with van der Waals surface area (Å²) in [4.78, 5) is 8.25. The van der Waals surface area contributed by atoms with Crippen LogP contribution < -0.4 is 10.6 Å². The Kier molecular flexibility index (Phi) is 5.52. The van der Waals surface area contributed by atoms with Gasteiger partial charge in [0.15, 0.2) is 0 Å². The molecular formula is C10H18N4O2. The minimum absolute atomic E-state index is 0.304. The summed E-state index contributed by atoms with van der Waals surface area (Å²) < 4.78 is 4.82. The highest BCUT2D eigenvalue weighted by Gasteiger charge is 2.03. The van der Waals surface area contributed by atoms with Crippen molar-refractivity contribution in [1.29, 1.82) is 0 Å². The molecule has 0 spiro atoms. The van der Waals surface area contributed by atoms with Gasteiger partial charge >= 0.3 is 0 Å². The fraction of sp³-hybridized carbons (Fsp3) is 0.600. The molecule has 1 atom stereocenters. The molecule has 1 aromatic heterocycles. The fourth-order valence-corrected chi connectivity index (χ4v) is 1.17. The van der Waals surface area contributed by atoms with Crippen molar-refractivity contribution in [3.8, 4) is 0 Å². The van der Waals surface area contributed by atoms with Gasteiger partial charge in [0.2, 0.25) is 5.95 Å². The van der Waals surface area contributed by atoms with E-state index in [0.717, 1.165) is 6.54 Å². The average Bonchev–Trinajstić information content (AvgIpc) is 2.28. The van der Waals surface area contributed by atoms with Gasteiger partial charge in [-0.15, -0.1) is 0 Å². The summed E-state index contributed by atoms with van der Waals surface area (Å²) in [6.45, 7) is 3.45. The van der Waals surface area contributed by atoms with Crippen LogP contribution in [0.4, 0.5) is 11.8 Å². The maximum Gasteiger partial charge on any atom is 0.224 e. The highest BCUT2D eigenvalue weighted by Crippen LogP contribution is 2.05. The number of nitrogens with zero attached hydrogens (tertiary/aromatic N) is 2. The van der Waals surface area contributed by atoms with Gasteiger partial charge in [0, 0.05) is 26.4 Å². The molecule has 0 radical (unpaired) electrons. The van der Waals surface area contributed by atoms with Gasteiger partial charge in [0.1, 0.15) is 5.82 Å². The van der Waals surface area contributed by atoms with Crippen LogP contribution in [0.15, 0.2) is 12.3 Å². The Bertz CT molecular complexity index is 309. The van der Waals surface area contributed by atoms with E-state index in [4.69, 9.17) is 4.74 Å². The molecule has 1 heterocycles. The summed E-state index contributed by atoms with van der Waals surface area (Å²) in [7, 11) is 1.55. The number of hydrogen-bond acceptors (Lipinski definition) is 6. The van der Waals surface area contributed by atoms with Gasteiger partial charge in [-0.2, -0.15) is 4.98 Å². The zero-order chi connectivity index (χ0) is 11.8. The lowest BCUT2D eigenvalue weighted by Crippen LogP contribution is -2.24. The zero-order valence-electron chi connectivity index (χ0n) is 9.60. The van der Waals surface area contributed by atoms with Crippen LogP contribution in [-0.2, 0) is 4.74 Å². The summed E-state index contributed by atoms with van der Waals surface area (Å²) in [6, 6.07) is 1.75. The van der Waals surface area contributed by atoms with Gasteiger partial charge in [-0.05, 0) is 13.0 Å². The quantitative estimate of drug-likeness (QED) is 0.621. The van der Waals surface area contributed by atoms with Crippen molar-refractivity contribution < 1.29 is 9.84 Å². The number of methoxy groups -OCH3 is 1. The smallest absolute Gasteiger partial charge is 0.224 e. The third-order valence-electron chi connectivity index (χ3n) is 1.87. The van der Waals surface area contributed by atoms with Crippen molar-refractivity contribution in [3.63, 3.8) is 0 Å². The van der Waals surface area contributed by atoms with Crippen molar-refractivity contribution in [2.75, 3.05) is 37.4 Å². The van der Waals surface area contributed by atoms with Crippen molar-refractivity contribution in [3.05, 3.63) is 12.3 Å². The molecule has 6 nitrogen and oxygen atoms in total. The number of aliphatic hydroxyl groups excluding tert-OH is 1. The molecule has 0 fully saturated rings. The standard InChI is InChI=1S/C10H18N4O2/c1-3-11-10-12-5-4-9(14-10)13-6-8(15)7-16-2/h4-5,8,15H,3,6-7H2,1-2H3,(H2,11,12,13,14). The lowest BCUT2D eigenvalue weighted by Gasteiger charge is -2.11. The number of anilines is 2. The molecule has 0 aromatic carbocycles. The Labute approximate surface area is 95.1 Å². The van der Waals surface area contributed by atoms with Gasteiger partial charge < -0.3 is 20.5 Å². The maximum absolute atomic E-state index is 9.44. The molecule has 1 unspecified atom stereocenters. The van der Waals surface area contributed by atoms with E-state index in [1.54, 1.807) is 19.4 Å². The first-order valence-corrected chi connectivity index (χ1v) is 5.24. The fourth-order valence-electron chi connectivity index (χ4n) is 1.17. The highest BCUT2D eigenvalue weighted by molar-refractivity contribution is 5.39. The predicted molar refractivity (Wildman–Crippen MR) is 62.6 cm³/mol. The molecule has 0 saturated heterocycles. The van der Waals surface area contributed by atoms with E-state index in [-0.39, 0.29) is 0 Å². The molecular weight excluding hydrogens is 208 g/mol. The van der Waals surface area contributed by atoms with Crippen LogP contribution >= 0.6 is 0 Å². The van der Waals surface area contributed by atoms with Gasteiger partial charge in [-0.25, -0.2) is 4.98 Å². The number of hydrogen-bond donors (Lipinski definition) is 3. The monoisotopic (exact) mass is 226 g/mol. The van der Waals surface area contributed by atoms with E-state index in [1.807, 2.05) is 6.92 Å². The van der Waals surface area contributed by atoms with E-state index in [1.165, 1.54) is 0 Å². The normalized spacial score (nSPS) is 12.2. The second-order valence-corrected chi connectivity index (χ2v) is 3.29. The summed E-state index contributed by atoms with van der Waals surface area (Å²) in [5.74, 6) is 1.26. The Morgan fingerprint density at radius 2 is 2.31 bits per heavy atom. The summed E-state index contributed by atoms with van der Waals surface area (Å²) in [5, 5.41) is 15.5. The lowest BCUT2D eigenvalue weighted by atomic mass is 10.4. The van der Waals surface area contributed by atoms with Crippen LogP contribution in [0.3, 0.4) is 0 Å². The maximum atomic E-state index is 9.44. The van der Waals surface area contributed by atoms with Crippen molar-refractivity contribution in [2.45, 2.75) is 13.0 Å². The molecule has 6 heteroatoms. The predicted octanol–water partition coefficient (Wildman–Crippen LogP) is 0.328. The molecule has 16 heavy (non-hydrogen) atoms. The number of aromatic nitrogens is 2. The van der Waals surface area contributed by atoms with Crippen LogP contribution in [0.5, 0.6) is 0 Å². The van der Waals surface area contributed by atoms with E-state index < -0.39 is 6.10 Å². The molecule has 3 N–H and O–H groups in total. The Hall–Kier alpha value is -1.40. The van der Waals surface area contributed by atoms with Crippen molar-refractivity contribution in [2.24, 2.45) is 0 Å². The lowest BCUT2D eigenvalue weighted by molar-refractivity contribution is 0.0727. The molecule has 1 rings (SSSR count). The van der Waals surface area contributed by atoms with Crippen molar-refractivity contribution in [1.82, 2.24) is 9.97 Å².